The van der Waals surface area contributed by atoms with E-state index in [2.05, 4.69) is 10.6 Å². The summed E-state index contributed by atoms with van der Waals surface area (Å²) in [6, 6.07) is 2.34. The summed E-state index contributed by atoms with van der Waals surface area (Å²) in [6.45, 7) is 1.25. The van der Waals surface area contributed by atoms with Crippen molar-refractivity contribution in [1.82, 2.24) is 10.6 Å². The highest BCUT2D eigenvalue weighted by atomic mass is 19.4. The number of benzene rings is 1. The maximum Gasteiger partial charge on any atom is 0.455 e. The fraction of sp³-hybridized carbons (Fsp3) is 0.500. The van der Waals surface area contributed by atoms with Crippen molar-refractivity contribution in [2.45, 2.75) is 45.0 Å². The molecule has 1 aromatic rings. The Morgan fingerprint density at radius 1 is 1.13 bits per heavy atom. The number of hydrogen-bond donors (Lipinski definition) is 3. The Morgan fingerprint density at radius 3 is 2.32 bits per heavy atom. The number of anilines is 1. The molecule has 0 unspecified atom stereocenters. The summed E-state index contributed by atoms with van der Waals surface area (Å²) < 4.78 is 82.2. The van der Waals surface area contributed by atoms with Gasteiger partial charge in [-0.25, -0.2) is 4.39 Å². The van der Waals surface area contributed by atoms with Gasteiger partial charge in [0.1, 0.15) is 29.0 Å². The quantitative estimate of drug-likeness (QED) is 0.469. The second-order valence-electron chi connectivity index (χ2n) is 7.39. The molecule has 7 nitrogen and oxygen atoms in total. The van der Waals surface area contributed by atoms with Gasteiger partial charge in [-0.05, 0) is 32.9 Å². The zero-order chi connectivity index (χ0) is 23.8. The van der Waals surface area contributed by atoms with Crippen LogP contribution in [0.1, 0.15) is 20.8 Å². The summed E-state index contributed by atoms with van der Waals surface area (Å²) in [4.78, 5) is 37.1. The molecule has 1 aromatic carbocycles. The van der Waals surface area contributed by atoms with Crippen LogP contribution in [0.3, 0.4) is 0 Å². The van der Waals surface area contributed by atoms with Gasteiger partial charge in [0, 0.05) is 0 Å². The van der Waals surface area contributed by atoms with E-state index in [4.69, 9.17) is 4.74 Å². The van der Waals surface area contributed by atoms with Crippen molar-refractivity contribution in [3.63, 3.8) is 0 Å². The molecule has 13 heteroatoms. The monoisotopic (exact) mass is 455 g/mol. The number of carbonyl (C=O) groups is 3. The molecule has 0 saturated heterocycles. The zero-order valence-corrected chi connectivity index (χ0v) is 16.5. The van der Waals surface area contributed by atoms with Gasteiger partial charge in [-0.15, -0.1) is 0 Å². The SMILES string of the molecule is C[C@H]1Oc2cccc(F)c2NC(=O)[C@H]1NC(=O)C(C)(C)C(=O)NCC(F)(F)C(F)(F)F. The smallest absolute Gasteiger partial charge is 0.455 e. The highest BCUT2D eigenvalue weighted by molar-refractivity contribution is 6.07. The van der Waals surface area contributed by atoms with E-state index in [1.807, 2.05) is 0 Å². The van der Waals surface area contributed by atoms with Gasteiger partial charge in [-0.3, -0.25) is 14.4 Å². The number of halogens is 6. The number of carbonyl (C=O) groups excluding carboxylic acids is 3. The third-order valence-corrected chi connectivity index (χ3v) is 4.60. The largest absolute Gasteiger partial charge is 0.486 e. The lowest BCUT2D eigenvalue weighted by molar-refractivity contribution is -0.278. The third-order valence-electron chi connectivity index (χ3n) is 4.60. The molecule has 1 heterocycles. The van der Waals surface area contributed by atoms with Gasteiger partial charge in [0.15, 0.2) is 5.82 Å². The van der Waals surface area contributed by atoms with Crippen molar-refractivity contribution in [3.8, 4) is 5.75 Å². The van der Waals surface area contributed by atoms with Crippen LogP contribution in [0.2, 0.25) is 0 Å². The molecule has 0 aliphatic carbocycles. The lowest BCUT2D eigenvalue weighted by atomic mass is 9.90. The minimum Gasteiger partial charge on any atom is -0.486 e. The molecule has 3 N–H and O–H groups in total. The van der Waals surface area contributed by atoms with E-state index in [1.54, 1.807) is 0 Å². The highest BCUT2D eigenvalue weighted by Crippen LogP contribution is 2.35. The van der Waals surface area contributed by atoms with Crippen molar-refractivity contribution in [3.05, 3.63) is 24.0 Å². The van der Waals surface area contributed by atoms with Crippen LogP contribution in [-0.4, -0.2) is 48.5 Å². The van der Waals surface area contributed by atoms with Crippen molar-refractivity contribution in [1.29, 1.82) is 0 Å². The average Bonchev–Trinajstić information content (AvgIpc) is 2.76. The molecule has 1 aliphatic rings. The van der Waals surface area contributed by atoms with E-state index in [9.17, 15) is 40.7 Å². The molecule has 0 aromatic heterocycles. The van der Waals surface area contributed by atoms with Crippen LogP contribution in [-0.2, 0) is 14.4 Å². The topological polar surface area (TPSA) is 96.5 Å². The van der Waals surface area contributed by atoms with E-state index < -0.39 is 59.7 Å². The molecule has 0 bridgehead atoms. The van der Waals surface area contributed by atoms with Crippen molar-refractivity contribution < 1.29 is 45.5 Å². The second-order valence-corrected chi connectivity index (χ2v) is 7.39. The Morgan fingerprint density at radius 2 is 1.74 bits per heavy atom. The van der Waals surface area contributed by atoms with Gasteiger partial charge in [0.05, 0.1) is 6.54 Å². The maximum atomic E-state index is 13.9. The minimum absolute atomic E-state index is 0.0102. The van der Waals surface area contributed by atoms with Crippen LogP contribution >= 0.6 is 0 Å². The number of para-hydroxylation sites is 1. The first kappa shape index (κ1) is 24.3. The zero-order valence-electron chi connectivity index (χ0n) is 16.5. The first-order valence-corrected chi connectivity index (χ1v) is 8.88. The van der Waals surface area contributed by atoms with E-state index in [0.29, 0.717) is 0 Å². The van der Waals surface area contributed by atoms with Crippen molar-refractivity contribution in [2.24, 2.45) is 5.41 Å². The van der Waals surface area contributed by atoms with E-state index >= 15 is 0 Å². The summed E-state index contributed by atoms with van der Waals surface area (Å²) in [5.41, 5.74) is -2.39. The summed E-state index contributed by atoms with van der Waals surface area (Å²) >= 11 is 0. The number of nitrogens with one attached hydrogen (secondary N) is 3. The fourth-order valence-corrected chi connectivity index (χ4v) is 2.53. The Labute approximate surface area is 172 Å². The summed E-state index contributed by atoms with van der Waals surface area (Å²) in [5.74, 6) is -9.47. The standard InChI is InChI=1S/C18H19F6N3O4/c1-8-11(13(28)26-12-9(19)5-4-6-10(12)31-8)27-15(30)16(2,3)14(29)25-7-17(20,21)18(22,23)24/h4-6,8,11H,7H2,1-3H3,(H,25,29)(H,26,28)(H,27,30)/t8-,11+/m1/s1. The van der Waals surface area contributed by atoms with E-state index in [0.717, 1.165) is 19.9 Å². The lowest BCUT2D eigenvalue weighted by Crippen LogP contribution is -2.58. The molecule has 0 saturated carbocycles. The van der Waals surface area contributed by atoms with E-state index in [1.165, 1.54) is 24.4 Å². The van der Waals surface area contributed by atoms with Crippen molar-refractivity contribution >= 4 is 23.4 Å². The molecule has 2 rings (SSSR count). The van der Waals surface area contributed by atoms with Crippen molar-refractivity contribution in [2.75, 3.05) is 11.9 Å². The number of amides is 3. The molecule has 0 spiro atoms. The molecular formula is C18H19F6N3O4. The fourth-order valence-electron chi connectivity index (χ4n) is 2.53. The molecule has 1 aliphatic heterocycles. The molecule has 0 radical (unpaired) electrons. The summed E-state index contributed by atoms with van der Waals surface area (Å²) in [5, 5.41) is 5.83. The molecule has 31 heavy (non-hydrogen) atoms. The van der Waals surface area contributed by atoms with Crippen LogP contribution in [0, 0.1) is 11.2 Å². The normalized spacial score (nSPS) is 19.5. The second kappa shape index (κ2) is 8.27. The van der Waals surface area contributed by atoms with Crippen LogP contribution in [0.4, 0.5) is 32.0 Å². The molecule has 172 valence electrons. The number of rotatable bonds is 5. The van der Waals surface area contributed by atoms with Gasteiger partial charge < -0.3 is 20.7 Å². The van der Waals surface area contributed by atoms with Crippen LogP contribution in [0.15, 0.2) is 18.2 Å². The maximum absolute atomic E-state index is 13.9. The highest BCUT2D eigenvalue weighted by Gasteiger charge is 2.57. The summed E-state index contributed by atoms with van der Waals surface area (Å²) in [6.07, 6.45) is -6.93. The molecule has 0 fully saturated rings. The van der Waals surface area contributed by atoms with Gasteiger partial charge in [-0.1, -0.05) is 6.07 Å². The van der Waals surface area contributed by atoms with Crippen LogP contribution < -0.4 is 20.7 Å². The molecule has 3 amide bonds. The summed E-state index contributed by atoms with van der Waals surface area (Å²) in [7, 11) is 0. The van der Waals surface area contributed by atoms with Crippen LogP contribution in [0.5, 0.6) is 5.75 Å². The first-order valence-electron chi connectivity index (χ1n) is 8.88. The minimum atomic E-state index is -5.89. The number of hydrogen-bond acceptors (Lipinski definition) is 4. The van der Waals surface area contributed by atoms with Gasteiger partial charge in [0.25, 0.3) is 5.91 Å². The van der Waals surface area contributed by atoms with Gasteiger partial charge >= 0.3 is 12.1 Å². The number of fused-ring (bicyclic) bond motifs is 1. The van der Waals surface area contributed by atoms with Gasteiger partial charge in [-0.2, -0.15) is 22.0 Å². The average molecular weight is 455 g/mol. The number of alkyl halides is 5. The third kappa shape index (κ3) is 5.02. The Hall–Kier alpha value is -2.99. The Balaban J connectivity index is 2.11. The predicted octanol–water partition coefficient (Wildman–Crippen LogP) is 2.37. The molecular weight excluding hydrogens is 436 g/mol. The Kier molecular flexibility index (Phi) is 6.48. The molecule has 2 atom stereocenters. The van der Waals surface area contributed by atoms with E-state index in [-0.39, 0.29) is 11.4 Å². The number of ether oxygens (including phenoxy) is 1. The Bertz CT molecular complexity index is 888. The van der Waals surface area contributed by atoms with Gasteiger partial charge in [0.2, 0.25) is 11.8 Å². The van der Waals surface area contributed by atoms with Crippen LogP contribution in [0.25, 0.3) is 0 Å². The first-order chi connectivity index (χ1) is 14.1. The predicted molar refractivity (Wildman–Crippen MR) is 94.8 cm³/mol. The lowest BCUT2D eigenvalue weighted by Gasteiger charge is -2.28.